The van der Waals surface area contributed by atoms with E-state index in [1.54, 1.807) is 56.3 Å². The molecule has 0 spiro atoms. The van der Waals surface area contributed by atoms with Crippen molar-refractivity contribution in [3.05, 3.63) is 77.4 Å². The van der Waals surface area contributed by atoms with Crippen LogP contribution >= 0.6 is 0 Å². The second-order valence-electron chi connectivity index (χ2n) is 6.44. The Morgan fingerprint density at radius 1 is 1.04 bits per heavy atom. The fraction of sp³-hybridized carbons (Fsp3) is 0.227. The van der Waals surface area contributed by atoms with Crippen LogP contribution in [0, 0.1) is 0 Å². The van der Waals surface area contributed by atoms with Gasteiger partial charge in [-0.3, -0.25) is 14.4 Å². The number of amides is 3. The highest BCUT2D eigenvalue weighted by Crippen LogP contribution is 2.08. The number of nitrogens with one attached hydrogen (secondary N) is 2. The zero-order valence-corrected chi connectivity index (χ0v) is 16.3. The van der Waals surface area contributed by atoms with Gasteiger partial charge in [-0.15, -0.1) is 0 Å². The van der Waals surface area contributed by atoms with E-state index in [4.69, 9.17) is 0 Å². The predicted octanol–water partition coefficient (Wildman–Crippen LogP) is 2.22. The molecule has 2 N–H and O–H groups in total. The Labute approximate surface area is 165 Å². The summed E-state index contributed by atoms with van der Waals surface area (Å²) in [6.07, 6.45) is 3.11. The molecule has 0 aliphatic heterocycles. The fourth-order valence-corrected chi connectivity index (χ4v) is 2.65. The molecular weight excluding hydrogens is 354 g/mol. The van der Waals surface area contributed by atoms with Crippen molar-refractivity contribution < 1.29 is 14.4 Å². The molecule has 1 atom stereocenters. The maximum atomic E-state index is 12.5. The van der Waals surface area contributed by atoms with E-state index in [0.717, 1.165) is 11.1 Å². The summed E-state index contributed by atoms with van der Waals surface area (Å²) in [5, 5.41) is 5.24. The lowest BCUT2D eigenvalue weighted by atomic mass is 10.1. The molecule has 0 aliphatic carbocycles. The molecular formula is C22H25N3O3. The van der Waals surface area contributed by atoms with Crippen LogP contribution in [-0.2, 0) is 16.1 Å². The van der Waals surface area contributed by atoms with Crippen molar-refractivity contribution in [2.24, 2.45) is 0 Å². The number of likely N-dealkylation sites (N-methyl/N-ethyl adjacent to an activating group) is 1. The lowest BCUT2D eigenvalue weighted by Gasteiger charge is -2.22. The van der Waals surface area contributed by atoms with Gasteiger partial charge in [0.25, 0.3) is 5.91 Å². The highest BCUT2D eigenvalue weighted by atomic mass is 16.2. The Bertz CT molecular complexity index is 845. The smallest absolute Gasteiger partial charge is 0.251 e. The van der Waals surface area contributed by atoms with Crippen LogP contribution < -0.4 is 10.6 Å². The Morgan fingerprint density at radius 2 is 1.68 bits per heavy atom. The molecule has 6 nitrogen and oxygen atoms in total. The maximum absolute atomic E-state index is 12.5. The lowest BCUT2D eigenvalue weighted by molar-refractivity contribution is -0.134. The topological polar surface area (TPSA) is 78.5 Å². The summed E-state index contributed by atoms with van der Waals surface area (Å²) in [7, 11) is 3.25. The molecule has 1 unspecified atom stereocenters. The Kier molecular flexibility index (Phi) is 7.51. The largest absolute Gasteiger partial charge is 0.355 e. The molecule has 0 saturated carbocycles. The van der Waals surface area contributed by atoms with Gasteiger partial charge in [-0.2, -0.15) is 0 Å². The lowest BCUT2D eigenvalue weighted by Crippen LogP contribution is -2.44. The van der Waals surface area contributed by atoms with Gasteiger partial charge >= 0.3 is 0 Å². The summed E-state index contributed by atoms with van der Waals surface area (Å²) >= 11 is 0. The predicted molar refractivity (Wildman–Crippen MR) is 109 cm³/mol. The van der Waals surface area contributed by atoms with E-state index in [9.17, 15) is 14.4 Å². The first-order chi connectivity index (χ1) is 13.4. The molecule has 2 aromatic carbocycles. The van der Waals surface area contributed by atoms with Gasteiger partial charge in [-0.25, -0.2) is 0 Å². The monoisotopic (exact) mass is 379 g/mol. The number of nitrogens with zero attached hydrogens (tertiary/aromatic N) is 1. The molecule has 0 radical (unpaired) electrons. The van der Waals surface area contributed by atoms with Gasteiger partial charge in [0, 0.05) is 32.3 Å². The minimum absolute atomic E-state index is 0.157. The van der Waals surface area contributed by atoms with Gasteiger partial charge in [0.2, 0.25) is 11.8 Å². The van der Waals surface area contributed by atoms with Crippen molar-refractivity contribution in [1.82, 2.24) is 15.5 Å². The number of carbonyl (C=O) groups excluding carboxylic acids is 3. The number of hydrogen-bond donors (Lipinski definition) is 2. The molecule has 2 rings (SSSR count). The molecule has 0 heterocycles. The molecule has 3 amide bonds. The van der Waals surface area contributed by atoms with E-state index in [0.29, 0.717) is 12.1 Å². The van der Waals surface area contributed by atoms with E-state index in [1.807, 2.05) is 30.3 Å². The van der Waals surface area contributed by atoms with Crippen molar-refractivity contribution in [2.75, 3.05) is 14.1 Å². The summed E-state index contributed by atoms with van der Waals surface area (Å²) in [5.41, 5.74) is 2.37. The van der Waals surface area contributed by atoms with E-state index >= 15 is 0 Å². The normalized spacial score (nSPS) is 11.7. The summed E-state index contributed by atoms with van der Waals surface area (Å²) in [4.78, 5) is 37.6. The third-order valence-electron chi connectivity index (χ3n) is 4.20. The van der Waals surface area contributed by atoms with Crippen LogP contribution in [0.1, 0.15) is 28.4 Å². The summed E-state index contributed by atoms with van der Waals surface area (Å²) < 4.78 is 0. The minimum atomic E-state index is -0.650. The second kappa shape index (κ2) is 10.1. The first kappa shape index (κ1) is 20.9. The van der Waals surface area contributed by atoms with Crippen LogP contribution in [0.3, 0.4) is 0 Å². The molecule has 6 heteroatoms. The molecule has 0 fully saturated rings. The van der Waals surface area contributed by atoms with Gasteiger partial charge in [0.05, 0.1) is 0 Å². The second-order valence-corrected chi connectivity index (χ2v) is 6.44. The summed E-state index contributed by atoms with van der Waals surface area (Å²) in [5.74, 6) is -0.680. The van der Waals surface area contributed by atoms with E-state index in [1.165, 1.54) is 6.08 Å². The number of carbonyl (C=O) groups is 3. The first-order valence-electron chi connectivity index (χ1n) is 9.00. The third kappa shape index (κ3) is 6.09. The van der Waals surface area contributed by atoms with E-state index < -0.39 is 6.04 Å². The average molecular weight is 379 g/mol. The van der Waals surface area contributed by atoms with Crippen LogP contribution in [-0.4, -0.2) is 42.8 Å². The van der Waals surface area contributed by atoms with Crippen LogP contribution in [0.15, 0.2) is 60.7 Å². The number of benzene rings is 2. The van der Waals surface area contributed by atoms with Crippen molar-refractivity contribution in [1.29, 1.82) is 0 Å². The van der Waals surface area contributed by atoms with Crippen LogP contribution in [0.4, 0.5) is 0 Å². The zero-order chi connectivity index (χ0) is 20.5. The zero-order valence-electron chi connectivity index (χ0n) is 16.3. The van der Waals surface area contributed by atoms with Crippen LogP contribution in [0.2, 0.25) is 0 Å². The van der Waals surface area contributed by atoms with Crippen molar-refractivity contribution in [2.45, 2.75) is 19.5 Å². The van der Waals surface area contributed by atoms with E-state index in [-0.39, 0.29) is 17.7 Å². The quantitative estimate of drug-likeness (QED) is 0.724. The fourth-order valence-electron chi connectivity index (χ4n) is 2.65. The molecule has 2 aromatic rings. The molecule has 146 valence electrons. The summed E-state index contributed by atoms with van der Waals surface area (Å²) in [6.45, 7) is 2.04. The Morgan fingerprint density at radius 3 is 2.29 bits per heavy atom. The van der Waals surface area contributed by atoms with Crippen molar-refractivity contribution >= 4 is 23.8 Å². The van der Waals surface area contributed by atoms with Crippen molar-refractivity contribution in [3.8, 4) is 0 Å². The Hall–Kier alpha value is -3.41. The van der Waals surface area contributed by atoms with Gasteiger partial charge in [-0.1, -0.05) is 42.5 Å². The van der Waals surface area contributed by atoms with Gasteiger partial charge in [0.15, 0.2) is 0 Å². The maximum Gasteiger partial charge on any atom is 0.251 e. The molecule has 0 aromatic heterocycles. The highest BCUT2D eigenvalue weighted by molar-refractivity contribution is 5.95. The van der Waals surface area contributed by atoms with Gasteiger partial charge in [0.1, 0.15) is 6.04 Å². The third-order valence-corrected chi connectivity index (χ3v) is 4.20. The SMILES string of the molecule is CNC(=O)c1ccc(CN(C)C(=O)C(C)NC(=O)/C=C/c2ccccc2)cc1. The average Bonchev–Trinajstić information content (AvgIpc) is 2.72. The number of rotatable bonds is 7. The van der Waals surface area contributed by atoms with E-state index in [2.05, 4.69) is 10.6 Å². The minimum Gasteiger partial charge on any atom is -0.355 e. The molecule has 0 aliphatic rings. The first-order valence-corrected chi connectivity index (χ1v) is 9.00. The van der Waals surface area contributed by atoms with Gasteiger partial charge in [-0.05, 0) is 36.3 Å². The standard InChI is InChI=1S/C22H25N3O3/c1-16(24-20(26)14-11-17-7-5-4-6-8-17)22(28)25(3)15-18-9-12-19(13-10-18)21(27)23-2/h4-14,16H,15H2,1-3H3,(H,23,27)(H,24,26)/b14-11+. The van der Waals surface area contributed by atoms with Crippen LogP contribution in [0.5, 0.6) is 0 Å². The summed E-state index contributed by atoms with van der Waals surface area (Å²) in [6, 6.07) is 15.9. The van der Waals surface area contributed by atoms with Gasteiger partial charge < -0.3 is 15.5 Å². The van der Waals surface area contributed by atoms with Crippen molar-refractivity contribution in [3.63, 3.8) is 0 Å². The molecule has 28 heavy (non-hydrogen) atoms. The Balaban J connectivity index is 1.88. The number of hydrogen-bond acceptors (Lipinski definition) is 3. The molecule has 0 saturated heterocycles. The highest BCUT2D eigenvalue weighted by Gasteiger charge is 2.18. The van der Waals surface area contributed by atoms with Crippen LogP contribution in [0.25, 0.3) is 6.08 Å². The molecule has 0 bridgehead atoms.